The lowest BCUT2D eigenvalue weighted by Gasteiger charge is -2.30. The second-order valence-electron chi connectivity index (χ2n) is 6.08. The maximum atomic E-state index is 5.83. The van der Waals surface area contributed by atoms with Gasteiger partial charge in [-0.3, -0.25) is 10.00 Å². The van der Waals surface area contributed by atoms with E-state index in [9.17, 15) is 0 Å². The summed E-state index contributed by atoms with van der Waals surface area (Å²) < 4.78 is 11.5. The smallest absolute Gasteiger partial charge is 0.208 e. The van der Waals surface area contributed by atoms with Crippen molar-refractivity contribution in [3.63, 3.8) is 0 Å². The number of nitrogens with zero attached hydrogens (tertiary/aromatic N) is 4. The van der Waals surface area contributed by atoms with Gasteiger partial charge < -0.3 is 9.15 Å². The maximum absolute atomic E-state index is 5.83. The Kier molecular flexibility index (Phi) is 4.26. The first-order valence-electron chi connectivity index (χ1n) is 7.72. The van der Waals surface area contributed by atoms with Crippen LogP contribution in [-0.2, 0) is 11.3 Å². The summed E-state index contributed by atoms with van der Waals surface area (Å²) in [6.45, 7) is 11.0. The standard InChI is InChI=1S/C15H23N5O2/c1-9(2)14-17-15(19-18-14)12-7-20(5-6-21-12)8-13-16-10(3)11(4)22-13/h9,12H,5-8H2,1-4H3,(H,17,18,19)/t12-/m1/s1. The van der Waals surface area contributed by atoms with Crippen LogP contribution in [0, 0.1) is 13.8 Å². The van der Waals surface area contributed by atoms with E-state index in [4.69, 9.17) is 9.15 Å². The lowest BCUT2D eigenvalue weighted by molar-refractivity contribution is -0.0393. The number of H-pyrrole nitrogens is 1. The monoisotopic (exact) mass is 305 g/mol. The first kappa shape index (κ1) is 15.2. The molecule has 1 N–H and O–H groups in total. The van der Waals surface area contributed by atoms with E-state index in [1.165, 1.54) is 0 Å². The Balaban J connectivity index is 1.65. The van der Waals surface area contributed by atoms with Gasteiger partial charge in [-0.2, -0.15) is 5.10 Å². The molecular formula is C15H23N5O2. The highest BCUT2D eigenvalue weighted by molar-refractivity contribution is 5.05. The number of hydrogen-bond acceptors (Lipinski definition) is 6. The summed E-state index contributed by atoms with van der Waals surface area (Å²) in [5.74, 6) is 3.58. The fourth-order valence-corrected chi connectivity index (χ4v) is 2.50. The zero-order valence-corrected chi connectivity index (χ0v) is 13.6. The zero-order chi connectivity index (χ0) is 15.7. The summed E-state index contributed by atoms with van der Waals surface area (Å²) >= 11 is 0. The predicted octanol–water partition coefficient (Wildman–Crippen LogP) is 2.11. The molecule has 0 spiro atoms. The number of hydrogen-bond donors (Lipinski definition) is 1. The van der Waals surface area contributed by atoms with Crippen molar-refractivity contribution in [2.75, 3.05) is 19.7 Å². The van der Waals surface area contributed by atoms with Crippen LogP contribution in [0.1, 0.15) is 54.9 Å². The van der Waals surface area contributed by atoms with Gasteiger partial charge in [-0.25, -0.2) is 9.97 Å². The molecule has 0 unspecified atom stereocenters. The molecule has 0 amide bonds. The Bertz CT molecular complexity index is 614. The van der Waals surface area contributed by atoms with Crippen LogP contribution in [0.25, 0.3) is 0 Å². The number of nitrogens with one attached hydrogen (secondary N) is 1. The van der Waals surface area contributed by atoms with Crippen molar-refractivity contribution in [2.24, 2.45) is 0 Å². The Morgan fingerprint density at radius 2 is 2.14 bits per heavy atom. The van der Waals surface area contributed by atoms with E-state index in [1.807, 2.05) is 13.8 Å². The molecule has 1 saturated heterocycles. The molecular weight excluding hydrogens is 282 g/mol. The van der Waals surface area contributed by atoms with Gasteiger partial charge in [0.25, 0.3) is 0 Å². The van der Waals surface area contributed by atoms with Crippen molar-refractivity contribution in [1.82, 2.24) is 25.1 Å². The minimum Gasteiger partial charge on any atom is -0.444 e. The van der Waals surface area contributed by atoms with Crippen LogP contribution in [-0.4, -0.2) is 44.8 Å². The summed E-state index contributed by atoms with van der Waals surface area (Å²) in [5, 5.41) is 7.25. The van der Waals surface area contributed by atoms with Crippen LogP contribution in [0.15, 0.2) is 4.42 Å². The predicted molar refractivity (Wildman–Crippen MR) is 80.4 cm³/mol. The third kappa shape index (κ3) is 3.20. The van der Waals surface area contributed by atoms with E-state index < -0.39 is 0 Å². The van der Waals surface area contributed by atoms with Crippen LogP contribution in [0.2, 0.25) is 0 Å². The van der Waals surface area contributed by atoms with Crippen LogP contribution in [0.5, 0.6) is 0 Å². The Hall–Kier alpha value is -1.73. The van der Waals surface area contributed by atoms with Crippen molar-refractivity contribution >= 4 is 0 Å². The molecule has 0 aliphatic carbocycles. The summed E-state index contributed by atoms with van der Waals surface area (Å²) in [6, 6.07) is 0. The first-order valence-corrected chi connectivity index (χ1v) is 7.72. The van der Waals surface area contributed by atoms with Crippen LogP contribution in [0.3, 0.4) is 0 Å². The normalized spacial score (nSPS) is 20.0. The molecule has 120 valence electrons. The zero-order valence-electron chi connectivity index (χ0n) is 13.6. The highest BCUT2D eigenvalue weighted by atomic mass is 16.5. The van der Waals surface area contributed by atoms with Gasteiger partial charge in [0, 0.05) is 19.0 Å². The summed E-state index contributed by atoms with van der Waals surface area (Å²) in [7, 11) is 0. The van der Waals surface area contributed by atoms with E-state index in [0.29, 0.717) is 19.1 Å². The SMILES string of the molecule is Cc1nc(CN2CCO[C@@H](c3nc(C(C)C)n[nH]3)C2)oc1C. The molecule has 3 heterocycles. The Morgan fingerprint density at radius 3 is 2.77 bits per heavy atom. The van der Waals surface area contributed by atoms with Gasteiger partial charge in [-0.1, -0.05) is 13.8 Å². The fourth-order valence-electron chi connectivity index (χ4n) is 2.50. The molecule has 7 heteroatoms. The number of oxazole rings is 1. The molecule has 1 atom stereocenters. The third-order valence-electron chi connectivity index (χ3n) is 3.92. The average molecular weight is 305 g/mol. The maximum Gasteiger partial charge on any atom is 0.208 e. The molecule has 0 bridgehead atoms. The summed E-state index contributed by atoms with van der Waals surface area (Å²) in [4.78, 5) is 11.3. The highest BCUT2D eigenvalue weighted by Crippen LogP contribution is 2.22. The van der Waals surface area contributed by atoms with Gasteiger partial charge in [0.15, 0.2) is 11.6 Å². The minimum absolute atomic E-state index is 0.0779. The van der Waals surface area contributed by atoms with Gasteiger partial charge in [-0.05, 0) is 13.8 Å². The van der Waals surface area contributed by atoms with Crippen molar-refractivity contribution < 1.29 is 9.15 Å². The molecule has 1 fully saturated rings. The molecule has 3 rings (SSSR count). The van der Waals surface area contributed by atoms with Crippen molar-refractivity contribution in [2.45, 2.75) is 46.3 Å². The molecule has 1 aliphatic rings. The van der Waals surface area contributed by atoms with E-state index in [0.717, 1.165) is 42.1 Å². The lowest BCUT2D eigenvalue weighted by Crippen LogP contribution is -2.38. The fraction of sp³-hybridized carbons (Fsp3) is 0.667. The van der Waals surface area contributed by atoms with Gasteiger partial charge in [0.05, 0.1) is 18.8 Å². The van der Waals surface area contributed by atoms with Crippen LogP contribution in [0.4, 0.5) is 0 Å². The molecule has 2 aromatic heterocycles. The summed E-state index contributed by atoms with van der Waals surface area (Å²) in [5.41, 5.74) is 0.955. The van der Waals surface area contributed by atoms with Gasteiger partial charge >= 0.3 is 0 Å². The number of aromatic nitrogens is 4. The van der Waals surface area contributed by atoms with Crippen LogP contribution >= 0.6 is 0 Å². The van der Waals surface area contributed by atoms with E-state index in [2.05, 4.69) is 38.9 Å². The van der Waals surface area contributed by atoms with E-state index >= 15 is 0 Å². The van der Waals surface area contributed by atoms with Gasteiger partial charge in [0.1, 0.15) is 11.9 Å². The molecule has 22 heavy (non-hydrogen) atoms. The lowest BCUT2D eigenvalue weighted by atomic mass is 10.2. The highest BCUT2D eigenvalue weighted by Gasteiger charge is 2.26. The molecule has 7 nitrogen and oxygen atoms in total. The van der Waals surface area contributed by atoms with Crippen LogP contribution < -0.4 is 0 Å². The number of aryl methyl sites for hydroxylation is 2. The average Bonchev–Trinajstić information content (AvgIpc) is 3.07. The largest absolute Gasteiger partial charge is 0.444 e. The molecule has 0 radical (unpaired) electrons. The van der Waals surface area contributed by atoms with Gasteiger partial charge in [0.2, 0.25) is 5.89 Å². The number of ether oxygens (including phenoxy) is 1. The summed E-state index contributed by atoms with van der Waals surface area (Å²) in [6.07, 6.45) is -0.0779. The van der Waals surface area contributed by atoms with Crippen molar-refractivity contribution in [3.8, 4) is 0 Å². The first-order chi connectivity index (χ1) is 10.5. The number of aromatic amines is 1. The molecule has 2 aromatic rings. The second-order valence-corrected chi connectivity index (χ2v) is 6.08. The number of morpholine rings is 1. The van der Waals surface area contributed by atoms with Gasteiger partial charge in [-0.15, -0.1) is 0 Å². The third-order valence-corrected chi connectivity index (χ3v) is 3.92. The van der Waals surface area contributed by atoms with Crippen molar-refractivity contribution in [1.29, 1.82) is 0 Å². The minimum atomic E-state index is -0.0779. The topological polar surface area (TPSA) is 80.1 Å². The molecule has 1 aliphatic heterocycles. The van der Waals surface area contributed by atoms with Crippen molar-refractivity contribution in [3.05, 3.63) is 29.0 Å². The Labute approximate surface area is 130 Å². The number of rotatable bonds is 4. The van der Waals surface area contributed by atoms with E-state index in [1.54, 1.807) is 0 Å². The molecule has 0 saturated carbocycles. The Morgan fingerprint density at radius 1 is 1.32 bits per heavy atom. The van der Waals surface area contributed by atoms with E-state index in [-0.39, 0.29) is 6.10 Å². The quantitative estimate of drug-likeness (QED) is 0.932. The second kappa shape index (κ2) is 6.18. The molecule has 0 aromatic carbocycles.